The number of fused-ring (bicyclic) bond motifs is 1. The average Bonchev–Trinajstić information content (AvgIpc) is 3.12. The molecule has 0 radical (unpaired) electrons. The molecule has 0 N–H and O–H groups in total. The largest absolute Gasteiger partial charge is 0.493 e. The van der Waals surface area contributed by atoms with Crippen molar-refractivity contribution >= 4 is 23.4 Å². The van der Waals surface area contributed by atoms with E-state index in [1.807, 2.05) is 18.2 Å². The molecule has 2 aromatic heterocycles. The van der Waals surface area contributed by atoms with Gasteiger partial charge < -0.3 is 14.2 Å². The summed E-state index contributed by atoms with van der Waals surface area (Å²) in [6.07, 6.45) is 3.39. The number of esters is 1. The van der Waals surface area contributed by atoms with E-state index >= 15 is 0 Å². The van der Waals surface area contributed by atoms with E-state index in [2.05, 4.69) is 9.98 Å². The third kappa shape index (κ3) is 4.19. The summed E-state index contributed by atoms with van der Waals surface area (Å²) in [5, 5.41) is 0. The van der Waals surface area contributed by atoms with Crippen molar-refractivity contribution in [2.75, 3.05) is 20.8 Å². The Morgan fingerprint density at radius 3 is 2.64 bits per heavy atom. The standard InChI is InChI=1S/C24H23N3O5S/c1-5-32-23(29)20-14(2)26-24-27(21(20)15-9-10-17(30-3)18(12-15)31-4)22(28)19(33-24)13-16-8-6-7-11-25-16/h6-13,21H,5H2,1-4H3/b19-13-/t21-/m1/s1. The summed E-state index contributed by atoms with van der Waals surface area (Å²) in [7, 11) is 3.08. The van der Waals surface area contributed by atoms with Gasteiger partial charge in [-0.2, -0.15) is 0 Å². The van der Waals surface area contributed by atoms with Gasteiger partial charge in [0, 0.05) is 6.20 Å². The second kappa shape index (κ2) is 9.41. The van der Waals surface area contributed by atoms with Crippen LogP contribution in [-0.2, 0) is 9.53 Å². The van der Waals surface area contributed by atoms with Gasteiger partial charge in [-0.15, -0.1) is 0 Å². The molecule has 4 rings (SSSR count). The Bertz CT molecular complexity index is 1410. The topological polar surface area (TPSA) is 92.0 Å². The van der Waals surface area contributed by atoms with E-state index < -0.39 is 12.0 Å². The fraction of sp³-hybridized carbons (Fsp3) is 0.250. The van der Waals surface area contributed by atoms with Gasteiger partial charge in [0.05, 0.1) is 48.4 Å². The summed E-state index contributed by atoms with van der Waals surface area (Å²) in [6.45, 7) is 3.69. The highest BCUT2D eigenvalue weighted by Crippen LogP contribution is 2.36. The Morgan fingerprint density at radius 2 is 1.97 bits per heavy atom. The minimum absolute atomic E-state index is 0.207. The molecule has 0 saturated heterocycles. The number of aromatic nitrogens is 2. The number of thiazole rings is 1. The Balaban J connectivity index is 1.98. The van der Waals surface area contributed by atoms with Crippen molar-refractivity contribution in [1.82, 2.24) is 9.55 Å². The second-order valence-corrected chi connectivity index (χ2v) is 8.18. The fourth-order valence-electron chi connectivity index (χ4n) is 3.73. The Hall–Kier alpha value is -3.72. The number of pyridine rings is 1. The summed E-state index contributed by atoms with van der Waals surface area (Å²) in [5.41, 5.74) is 1.88. The monoisotopic (exact) mass is 465 g/mol. The quantitative estimate of drug-likeness (QED) is 0.519. The maximum Gasteiger partial charge on any atom is 0.338 e. The minimum Gasteiger partial charge on any atom is -0.493 e. The lowest BCUT2D eigenvalue weighted by molar-refractivity contribution is -0.139. The number of ether oxygens (including phenoxy) is 3. The first-order valence-electron chi connectivity index (χ1n) is 10.3. The molecule has 0 bridgehead atoms. The number of methoxy groups -OCH3 is 2. The predicted molar refractivity (Wildman–Crippen MR) is 124 cm³/mol. The molecule has 0 spiro atoms. The number of nitrogens with zero attached hydrogens (tertiary/aromatic N) is 3. The van der Waals surface area contributed by atoms with Crippen molar-refractivity contribution in [2.24, 2.45) is 4.99 Å². The molecular weight excluding hydrogens is 442 g/mol. The van der Waals surface area contributed by atoms with E-state index in [0.29, 0.717) is 43.4 Å². The van der Waals surface area contributed by atoms with Crippen molar-refractivity contribution in [2.45, 2.75) is 19.9 Å². The second-order valence-electron chi connectivity index (χ2n) is 7.17. The van der Waals surface area contributed by atoms with Crippen molar-refractivity contribution in [3.05, 3.63) is 84.8 Å². The first-order chi connectivity index (χ1) is 16.0. The number of benzene rings is 1. The lowest BCUT2D eigenvalue weighted by atomic mass is 9.95. The third-order valence-corrected chi connectivity index (χ3v) is 6.19. The van der Waals surface area contributed by atoms with Crippen LogP contribution in [0.1, 0.15) is 31.1 Å². The molecule has 170 valence electrons. The molecule has 3 aromatic rings. The number of rotatable bonds is 6. The number of hydrogen-bond donors (Lipinski definition) is 0. The molecule has 3 heterocycles. The third-order valence-electron chi connectivity index (χ3n) is 5.21. The van der Waals surface area contributed by atoms with Crippen LogP contribution < -0.4 is 24.4 Å². The van der Waals surface area contributed by atoms with Gasteiger partial charge in [0.2, 0.25) is 0 Å². The van der Waals surface area contributed by atoms with Crippen LogP contribution >= 0.6 is 11.3 Å². The van der Waals surface area contributed by atoms with Gasteiger partial charge >= 0.3 is 5.97 Å². The highest BCUT2D eigenvalue weighted by molar-refractivity contribution is 7.07. The van der Waals surface area contributed by atoms with Gasteiger partial charge in [-0.1, -0.05) is 23.5 Å². The van der Waals surface area contributed by atoms with E-state index in [1.54, 1.807) is 51.4 Å². The zero-order valence-corrected chi connectivity index (χ0v) is 19.5. The van der Waals surface area contributed by atoms with Crippen molar-refractivity contribution in [3.8, 4) is 11.5 Å². The van der Waals surface area contributed by atoms with Crippen LogP contribution in [0, 0.1) is 0 Å². The summed E-state index contributed by atoms with van der Waals surface area (Å²) in [6, 6.07) is 10.1. The molecule has 33 heavy (non-hydrogen) atoms. The van der Waals surface area contributed by atoms with E-state index in [-0.39, 0.29) is 12.2 Å². The van der Waals surface area contributed by atoms with Crippen LogP contribution in [0.15, 0.2) is 63.7 Å². The molecule has 9 heteroatoms. The van der Waals surface area contributed by atoms with Gasteiger partial charge in [-0.3, -0.25) is 14.3 Å². The maximum atomic E-state index is 13.5. The van der Waals surface area contributed by atoms with Crippen LogP contribution in [0.25, 0.3) is 6.08 Å². The average molecular weight is 466 g/mol. The lowest BCUT2D eigenvalue weighted by Crippen LogP contribution is -2.40. The Labute approximate surface area is 194 Å². The van der Waals surface area contributed by atoms with E-state index in [4.69, 9.17) is 14.2 Å². The molecule has 0 amide bonds. The molecule has 1 aromatic carbocycles. The molecule has 0 aliphatic carbocycles. The van der Waals surface area contributed by atoms with Crippen LogP contribution in [0.5, 0.6) is 11.5 Å². The summed E-state index contributed by atoms with van der Waals surface area (Å²) in [4.78, 5) is 35.8. The molecule has 8 nitrogen and oxygen atoms in total. The first kappa shape index (κ1) is 22.5. The normalized spacial score (nSPS) is 15.6. The van der Waals surface area contributed by atoms with E-state index in [9.17, 15) is 9.59 Å². The molecule has 1 atom stereocenters. The van der Waals surface area contributed by atoms with Gasteiger partial charge in [0.15, 0.2) is 16.3 Å². The highest BCUT2D eigenvalue weighted by atomic mass is 32.1. The minimum atomic E-state index is -0.731. The zero-order valence-electron chi connectivity index (χ0n) is 18.7. The van der Waals surface area contributed by atoms with E-state index in [0.717, 1.165) is 0 Å². The molecule has 0 unspecified atom stereocenters. The fourth-order valence-corrected chi connectivity index (χ4v) is 4.76. The lowest BCUT2D eigenvalue weighted by Gasteiger charge is -2.25. The number of carbonyl (C=O) groups is 1. The van der Waals surface area contributed by atoms with Gasteiger partial charge in [0.25, 0.3) is 5.56 Å². The molecule has 1 aliphatic rings. The molecular formula is C24H23N3O5S. The first-order valence-corrected chi connectivity index (χ1v) is 11.1. The summed E-state index contributed by atoms with van der Waals surface area (Å²) in [5.74, 6) is 0.517. The highest BCUT2D eigenvalue weighted by Gasteiger charge is 2.33. The van der Waals surface area contributed by atoms with Crippen molar-refractivity contribution < 1.29 is 19.0 Å². The van der Waals surface area contributed by atoms with E-state index in [1.165, 1.54) is 23.0 Å². The van der Waals surface area contributed by atoms with Crippen LogP contribution in [0.4, 0.5) is 0 Å². The summed E-state index contributed by atoms with van der Waals surface area (Å²) >= 11 is 1.25. The zero-order chi connectivity index (χ0) is 23.5. The Kier molecular flexibility index (Phi) is 6.41. The van der Waals surface area contributed by atoms with Crippen LogP contribution in [0.2, 0.25) is 0 Å². The smallest absolute Gasteiger partial charge is 0.338 e. The summed E-state index contributed by atoms with van der Waals surface area (Å²) < 4.78 is 18.1. The predicted octanol–water partition coefficient (Wildman–Crippen LogP) is 2.21. The molecule has 0 fully saturated rings. The Morgan fingerprint density at radius 1 is 1.18 bits per heavy atom. The van der Waals surface area contributed by atoms with Crippen molar-refractivity contribution in [1.29, 1.82) is 0 Å². The van der Waals surface area contributed by atoms with Crippen LogP contribution in [0.3, 0.4) is 0 Å². The maximum absolute atomic E-state index is 13.5. The molecule has 0 saturated carbocycles. The van der Waals surface area contributed by atoms with Crippen molar-refractivity contribution in [3.63, 3.8) is 0 Å². The number of allylic oxidation sites excluding steroid dienone is 1. The number of hydrogen-bond acceptors (Lipinski definition) is 8. The van der Waals surface area contributed by atoms with Gasteiger partial charge in [-0.25, -0.2) is 9.79 Å². The SMILES string of the molecule is CCOC(=O)C1=C(C)N=c2s/c(=C\c3ccccn3)c(=O)n2[C@@H]1c1ccc(OC)c(OC)c1. The molecule has 1 aliphatic heterocycles. The van der Waals surface area contributed by atoms with Gasteiger partial charge in [0.1, 0.15) is 0 Å². The van der Waals surface area contributed by atoms with Crippen LogP contribution in [-0.4, -0.2) is 36.3 Å². The van der Waals surface area contributed by atoms with Gasteiger partial charge in [-0.05, 0) is 49.8 Å². The number of carbonyl (C=O) groups excluding carboxylic acids is 1.